The molecular weight excluding hydrogens is 290 g/mol. The van der Waals surface area contributed by atoms with Gasteiger partial charge in [-0.2, -0.15) is 4.31 Å². The molecule has 1 saturated heterocycles. The third-order valence-corrected chi connectivity index (χ3v) is 6.01. The van der Waals surface area contributed by atoms with Crippen molar-refractivity contribution in [1.82, 2.24) is 4.31 Å². The number of nitrogens with two attached hydrogens (primary N) is 1. The van der Waals surface area contributed by atoms with Gasteiger partial charge in [0.1, 0.15) is 0 Å². The lowest BCUT2D eigenvalue weighted by atomic mass is 10.2. The van der Waals surface area contributed by atoms with Crippen LogP contribution in [0.3, 0.4) is 0 Å². The van der Waals surface area contributed by atoms with Crippen LogP contribution < -0.4 is 10.6 Å². The van der Waals surface area contributed by atoms with Crippen molar-refractivity contribution in [1.29, 1.82) is 0 Å². The number of hydrogen-bond donors (Lipinski definition) is 1. The van der Waals surface area contributed by atoms with Crippen LogP contribution in [0.5, 0.6) is 0 Å². The summed E-state index contributed by atoms with van der Waals surface area (Å²) in [6.07, 6.45) is 1.39. The molecule has 0 unspecified atom stereocenters. The van der Waals surface area contributed by atoms with E-state index in [9.17, 15) is 13.2 Å². The van der Waals surface area contributed by atoms with E-state index in [1.165, 1.54) is 11.2 Å². The first-order valence-corrected chi connectivity index (χ1v) is 8.50. The fourth-order valence-corrected chi connectivity index (χ4v) is 4.55. The highest BCUT2D eigenvalue weighted by Gasteiger charge is 2.32. The second kappa shape index (κ2) is 5.08. The standard InChI is InChI=1S/C14H19N3O3S/c1-10(18)17-7-4-11-8-13(2-3-14(11)17)21(19,20)16-6-5-12(15)9-16/h2-3,8,12H,4-7,9,15H2,1H3/t12-/m1/s1. The Morgan fingerprint density at radius 2 is 2.10 bits per heavy atom. The predicted molar refractivity (Wildman–Crippen MR) is 79.5 cm³/mol. The number of rotatable bonds is 2. The lowest BCUT2D eigenvalue weighted by molar-refractivity contribution is -0.116. The molecule has 1 fully saturated rings. The highest BCUT2D eigenvalue weighted by Crippen LogP contribution is 2.31. The zero-order chi connectivity index (χ0) is 15.2. The third-order valence-electron chi connectivity index (χ3n) is 4.15. The van der Waals surface area contributed by atoms with Gasteiger partial charge in [-0.25, -0.2) is 8.42 Å². The molecule has 21 heavy (non-hydrogen) atoms. The number of hydrogen-bond acceptors (Lipinski definition) is 4. The number of benzene rings is 1. The predicted octanol–water partition coefficient (Wildman–Crippen LogP) is 0.317. The minimum Gasteiger partial charge on any atom is -0.326 e. The molecule has 0 bridgehead atoms. The summed E-state index contributed by atoms with van der Waals surface area (Å²) in [7, 11) is -3.48. The van der Waals surface area contributed by atoms with Crippen molar-refractivity contribution < 1.29 is 13.2 Å². The van der Waals surface area contributed by atoms with E-state index in [-0.39, 0.29) is 11.9 Å². The van der Waals surface area contributed by atoms with Gasteiger partial charge in [0.15, 0.2) is 0 Å². The second-order valence-electron chi connectivity index (χ2n) is 5.62. The van der Waals surface area contributed by atoms with E-state index in [1.54, 1.807) is 23.1 Å². The molecule has 1 amide bonds. The van der Waals surface area contributed by atoms with E-state index in [4.69, 9.17) is 5.73 Å². The van der Waals surface area contributed by atoms with Gasteiger partial charge in [-0.05, 0) is 36.6 Å². The minimum absolute atomic E-state index is 0.0186. The quantitative estimate of drug-likeness (QED) is 0.852. The lowest BCUT2D eigenvalue weighted by Gasteiger charge is -2.18. The van der Waals surface area contributed by atoms with Gasteiger partial charge in [0.05, 0.1) is 4.90 Å². The molecule has 0 saturated carbocycles. The van der Waals surface area contributed by atoms with Crippen LogP contribution in [0.2, 0.25) is 0 Å². The Labute approximate surface area is 124 Å². The van der Waals surface area contributed by atoms with Crippen molar-refractivity contribution in [2.24, 2.45) is 5.73 Å². The zero-order valence-corrected chi connectivity index (χ0v) is 12.8. The van der Waals surface area contributed by atoms with Crippen molar-refractivity contribution >= 4 is 21.6 Å². The summed E-state index contributed by atoms with van der Waals surface area (Å²) in [6, 6.07) is 4.92. The van der Waals surface area contributed by atoms with Gasteiger partial charge in [0, 0.05) is 38.3 Å². The highest BCUT2D eigenvalue weighted by atomic mass is 32.2. The molecule has 1 atom stereocenters. The molecule has 1 aromatic rings. The van der Waals surface area contributed by atoms with Crippen LogP contribution >= 0.6 is 0 Å². The Hall–Kier alpha value is -1.44. The topological polar surface area (TPSA) is 83.7 Å². The van der Waals surface area contributed by atoms with E-state index in [0.717, 1.165) is 11.3 Å². The van der Waals surface area contributed by atoms with Gasteiger partial charge < -0.3 is 10.6 Å². The highest BCUT2D eigenvalue weighted by molar-refractivity contribution is 7.89. The summed E-state index contributed by atoms with van der Waals surface area (Å²) in [6.45, 7) is 2.98. The van der Waals surface area contributed by atoms with Crippen LogP contribution in [0.1, 0.15) is 18.9 Å². The van der Waals surface area contributed by atoms with E-state index in [1.807, 2.05) is 0 Å². The van der Waals surface area contributed by atoms with Gasteiger partial charge in [0.25, 0.3) is 0 Å². The molecule has 7 heteroatoms. The molecule has 3 rings (SSSR count). The number of sulfonamides is 1. The largest absolute Gasteiger partial charge is 0.326 e. The molecule has 114 valence electrons. The Bertz CT molecular complexity index is 687. The average Bonchev–Trinajstić information content (AvgIpc) is 3.03. The van der Waals surface area contributed by atoms with Crippen molar-refractivity contribution in [3.63, 3.8) is 0 Å². The van der Waals surface area contributed by atoms with Gasteiger partial charge in [-0.1, -0.05) is 0 Å². The maximum atomic E-state index is 12.6. The van der Waals surface area contributed by atoms with Crippen LogP contribution in [-0.4, -0.2) is 44.3 Å². The SMILES string of the molecule is CC(=O)N1CCc2cc(S(=O)(=O)N3CC[C@@H](N)C3)ccc21. The molecule has 2 N–H and O–H groups in total. The van der Waals surface area contributed by atoms with Crippen molar-refractivity contribution in [2.45, 2.75) is 30.7 Å². The first kappa shape index (κ1) is 14.5. The van der Waals surface area contributed by atoms with Crippen molar-refractivity contribution in [3.05, 3.63) is 23.8 Å². The molecule has 0 aliphatic carbocycles. The Kier molecular flexibility index (Phi) is 3.51. The van der Waals surface area contributed by atoms with Crippen molar-refractivity contribution in [3.8, 4) is 0 Å². The number of carbonyl (C=O) groups is 1. The number of nitrogens with zero attached hydrogens (tertiary/aromatic N) is 2. The Morgan fingerprint density at radius 3 is 2.71 bits per heavy atom. The normalized spacial score (nSPS) is 22.6. The van der Waals surface area contributed by atoms with Crippen LogP contribution in [0.4, 0.5) is 5.69 Å². The monoisotopic (exact) mass is 309 g/mol. The summed E-state index contributed by atoms with van der Waals surface area (Å²) < 4.78 is 26.6. The van der Waals surface area contributed by atoms with E-state index in [0.29, 0.717) is 37.4 Å². The number of amides is 1. The summed E-state index contributed by atoms with van der Waals surface area (Å²) in [5, 5.41) is 0. The smallest absolute Gasteiger partial charge is 0.243 e. The number of carbonyl (C=O) groups excluding carboxylic acids is 1. The molecule has 2 aliphatic heterocycles. The molecule has 6 nitrogen and oxygen atoms in total. The van der Waals surface area contributed by atoms with Crippen LogP contribution in [0.25, 0.3) is 0 Å². The van der Waals surface area contributed by atoms with E-state index < -0.39 is 10.0 Å². The molecule has 0 spiro atoms. The minimum atomic E-state index is -3.48. The van der Waals surface area contributed by atoms with E-state index in [2.05, 4.69) is 0 Å². The van der Waals surface area contributed by atoms with Gasteiger partial charge in [0.2, 0.25) is 15.9 Å². The summed E-state index contributed by atoms with van der Waals surface area (Å²) in [5.74, 6) is -0.0186. The average molecular weight is 309 g/mol. The van der Waals surface area contributed by atoms with Gasteiger partial charge >= 0.3 is 0 Å². The Morgan fingerprint density at radius 1 is 1.33 bits per heavy atom. The Balaban J connectivity index is 1.93. The van der Waals surface area contributed by atoms with Gasteiger partial charge in [-0.3, -0.25) is 4.79 Å². The number of anilines is 1. The summed E-state index contributed by atoms with van der Waals surface area (Å²) in [4.78, 5) is 13.5. The zero-order valence-electron chi connectivity index (χ0n) is 11.9. The van der Waals surface area contributed by atoms with E-state index >= 15 is 0 Å². The van der Waals surface area contributed by atoms with Crippen LogP contribution in [-0.2, 0) is 21.2 Å². The number of fused-ring (bicyclic) bond motifs is 1. The summed E-state index contributed by atoms with van der Waals surface area (Å²) in [5.41, 5.74) is 7.52. The molecule has 1 aromatic carbocycles. The third kappa shape index (κ3) is 2.45. The van der Waals surface area contributed by atoms with Crippen LogP contribution in [0.15, 0.2) is 23.1 Å². The first-order valence-electron chi connectivity index (χ1n) is 7.06. The lowest BCUT2D eigenvalue weighted by Crippen LogP contribution is -2.32. The fraction of sp³-hybridized carbons (Fsp3) is 0.500. The molecule has 0 aromatic heterocycles. The maximum Gasteiger partial charge on any atom is 0.243 e. The molecule has 2 aliphatic rings. The second-order valence-corrected chi connectivity index (χ2v) is 7.56. The van der Waals surface area contributed by atoms with Crippen LogP contribution in [0, 0.1) is 0 Å². The summed E-state index contributed by atoms with van der Waals surface area (Å²) >= 11 is 0. The maximum absolute atomic E-state index is 12.6. The first-order chi connectivity index (χ1) is 9.89. The molecule has 0 radical (unpaired) electrons. The molecule has 2 heterocycles. The van der Waals surface area contributed by atoms with Gasteiger partial charge in [-0.15, -0.1) is 0 Å². The molecular formula is C14H19N3O3S. The fourth-order valence-electron chi connectivity index (χ4n) is 2.99. The van der Waals surface area contributed by atoms with Crippen molar-refractivity contribution in [2.75, 3.05) is 24.5 Å².